The van der Waals surface area contributed by atoms with Gasteiger partial charge in [0.15, 0.2) is 0 Å². The second-order valence-corrected chi connectivity index (χ2v) is 4.39. The van der Waals surface area contributed by atoms with Gasteiger partial charge in [-0.05, 0) is 25.8 Å². The highest BCUT2D eigenvalue weighted by Crippen LogP contribution is 2.21. The highest BCUT2D eigenvalue weighted by atomic mass is 35.5. The van der Waals surface area contributed by atoms with Gasteiger partial charge in [0.05, 0.1) is 0 Å². The maximum absolute atomic E-state index is 12.0. The van der Waals surface area contributed by atoms with Gasteiger partial charge in [-0.2, -0.15) is 13.2 Å². The van der Waals surface area contributed by atoms with Gasteiger partial charge in [-0.1, -0.05) is 6.92 Å². The zero-order chi connectivity index (χ0) is 12.3. The van der Waals surface area contributed by atoms with E-state index in [-0.39, 0.29) is 30.4 Å². The van der Waals surface area contributed by atoms with E-state index in [0.29, 0.717) is 0 Å². The molecule has 3 unspecified atom stereocenters. The fourth-order valence-corrected chi connectivity index (χ4v) is 2.02. The van der Waals surface area contributed by atoms with E-state index in [1.165, 1.54) is 0 Å². The maximum Gasteiger partial charge on any atom is 0.397 e. The summed E-state index contributed by atoms with van der Waals surface area (Å²) in [6, 6.07) is -0.204. The molecule has 3 nitrogen and oxygen atoms in total. The summed E-state index contributed by atoms with van der Waals surface area (Å²) in [7, 11) is 0. The van der Waals surface area contributed by atoms with Crippen LogP contribution in [0.5, 0.6) is 0 Å². The lowest BCUT2D eigenvalue weighted by Crippen LogP contribution is -2.56. The van der Waals surface area contributed by atoms with Crippen LogP contribution in [0.4, 0.5) is 13.2 Å². The molecule has 102 valence electrons. The fraction of sp³-hybridized carbons (Fsp3) is 0.900. The molecule has 7 heteroatoms. The monoisotopic (exact) mass is 274 g/mol. The number of piperidine rings is 1. The second kappa shape index (κ2) is 6.44. The summed E-state index contributed by atoms with van der Waals surface area (Å²) in [5.74, 6) is -0.742. The number of carbonyl (C=O) groups excluding carboxylic acids is 1. The first kappa shape index (κ1) is 16.5. The minimum atomic E-state index is -4.43. The lowest BCUT2D eigenvalue weighted by atomic mass is 9.89. The fourth-order valence-electron chi connectivity index (χ4n) is 2.02. The summed E-state index contributed by atoms with van der Waals surface area (Å²) >= 11 is 0. The molecule has 0 radical (unpaired) electrons. The van der Waals surface area contributed by atoms with Crippen LogP contribution < -0.4 is 10.6 Å². The van der Waals surface area contributed by atoms with Gasteiger partial charge in [0.1, 0.15) is 6.42 Å². The predicted octanol–water partition coefficient (Wildman–Crippen LogP) is 1.86. The van der Waals surface area contributed by atoms with Crippen LogP contribution in [0.15, 0.2) is 0 Å². The van der Waals surface area contributed by atoms with Crippen LogP contribution in [-0.2, 0) is 4.79 Å². The van der Waals surface area contributed by atoms with Crippen molar-refractivity contribution in [2.75, 3.05) is 6.54 Å². The Morgan fingerprint density at radius 2 is 2.00 bits per heavy atom. The average Bonchev–Trinajstić information content (AvgIpc) is 2.08. The Bertz CT molecular complexity index is 250. The van der Waals surface area contributed by atoms with Crippen LogP contribution in [0.1, 0.15) is 26.7 Å². The Morgan fingerprint density at radius 3 is 2.47 bits per heavy atom. The van der Waals surface area contributed by atoms with E-state index in [4.69, 9.17) is 0 Å². The second-order valence-electron chi connectivity index (χ2n) is 4.39. The lowest BCUT2D eigenvalue weighted by Gasteiger charge is -2.36. The van der Waals surface area contributed by atoms with Crippen molar-refractivity contribution in [2.24, 2.45) is 5.92 Å². The standard InChI is InChI=1S/C10H17F3N2O.ClH/c1-6-3-4-14-7(2)9(6)15-8(16)5-10(11,12)13;/h6-7,9,14H,3-5H2,1-2H3,(H,15,16);1H. The van der Waals surface area contributed by atoms with Crippen LogP contribution in [-0.4, -0.2) is 30.7 Å². The van der Waals surface area contributed by atoms with E-state index in [9.17, 15) is 18.0 Å². The van der Waals surface area contributed by atoms with E-state index >= 15 is 0 Å². The van der Waals surface area contributed by atoms with Gasteiger partial charge in [-0.15, -0.1) is 12.4 Å². The third-order valence-electron chi connectivity index (χ3n) is 2.91. The minimum absolute atomic E-state index is 0. The molecule has 17 heavy (non-hydrogen) atoms. The van der Waals surface area contributed by atoms with E-state index < -0.39 is 18.5 Å². The number of amides is 1. The normalized spacial score (nSPS) is 29.4. The summed E-state index contributed by atoms with van der Waals surface area (Å²) in [6.07, 6.45) is -4.97. The summed E-state index contributed by atoms with van der Waals surface area (Å²) in [5, 5.41) is 5.59. The number of carbonyl (C=O) groups is 1. The van der Waals surface area contributed by atoms with E-state index in [2.05, 4.69) is 10.6 Å². The maximum atomic E-state index is 12.0. The molecule has 0 aliphatic carbocycles. The van der Waals surface area contributed by atoms with Gasteiger partial charge < -0.3 is 10.6 Å². The van der Waals surface area contributed by atoms with Crippen molar-refractivity contribution < 1.29 is 18.0 Å². The number of alkyl halides is 3. The quantitative estimate of drug-likeness (QED) is 0.807. The highest BCUT2D eigenvalue weighted by Gasteiger charge is 2.34. The molecule has 0 aromatic heterocycles. The van der Waals surface area contributed by atoms with Crippen LogP contribution in [0.25, 0.3) is 0 Å². The number of hydrogen-bond acceptors (Lipinski definition) is 2. The number of halogens is 4. The zero-order valence-electron chi connectivity index (χ0n) is 9.80. The number of hydrogen-bond donors (Lipinski definition) is 2. The third kappa shape index (κ3) is 5.59. The van der Waals surface area contributed by atoms with Gasteiger partial charge in [-0.25, -0.2) is 0 Å². The third-order valence-corrected chi connectivity index (χ3v) is 2.91. The topological polar surface area (TPSA) is 41.1 Å². The lowest BCUT2D eigenvalue weighted by molar-refractivity contribution is -0.154. The molecule has 1 fully saturated rings. The molecule has 0 saturated carbocycles. The molecular formula is C10H18ClF3N2O. The largest absolute Gasteiger partial charge is 0.397 e. The first-order chi connectivity index (χ1) is 7.29. The van der Waals surface area contributed by atoms with E-state index in [1.54, 1.807) is 0 Å². The molecule has 1 saturated heterocycles. The van der Waals surface area contributed by atoms with Gasteiger partial charge in [0.25, 0.3) is 0 Å². The highest BCUT2D eigenvalue weighted by molar-refractivity contribution is 5.85. The minimum Gasteiger partial charge on any atom is -0.351 e. The van der Waals surface area contributed by atoms with Crippen LogP contribution in [0.3, 0.4) is 0 Å². The van der Waals surface area contributed by atoms with Gasteiger partial charge >= 0.3 is 6.18 Å². The molecule has 0 aromatic rings. The molecule has 1 aliphatic rings. The summed E-state index contributed by atoms with van der Waals surface area (Å²) in [4.78, 5) is 11.2. The predicted molar refractivity (Wildman–Crippen MR) is 61.1 cm³/mol. The summed E-state index contributed by atoms with van der Waals surface area (Å²) in [5.41, 5.74) is 0. The molecule has 0 aromatic carbocycles. The van der Waals surface area contributed by atoms with Crippen LogP contribution in [0, 0.1) is 5.92 Å². The van der Waals surface area contributed by atoms with Crippen molar-refractivity contribution in [1.29, 1.82) is 0 Å². The van der Waals surface area contributed by atoms with Gasteiger partial charge in [-0.3, -0.25) is 4.79 Å². The summed E-state index contributed by atoms with van der Waals surface area (Å²) in [6.45, 7) is 4.65. The Kier molecular flexibility index (Phi) is 6.26. The molecular weight excluding hydrogens is 257 g/mol. The molecule has 1 rings (SSSR count). The first-order valence-corrected chi connectivity index (χ1v) is 5.39. The van der Waals surface area contributed by atoms with Crippen LogP contribution >= 0.6 is 12.4 Å². The first-order valence-electron chi connectivity index (χ1n) is 5.39. The van der Waals surface area contributed by atoms with E-state index in [1.807, 2.05) is 13.8 Å². The Balaban J connectivity index is 0.00000256. The zero-order valence-corrected chi connectivity index (χ0v) is 10.6. The number of nitrogens with one attached hydrogen (secondary N) is 2. The molecule has 1 aliphatic heterocycles. The average molecular weight is 275 g/mol. The van der Waals surface area contributed by atoms with Crippen molar-refractivity contribution in [3.8, 4) is 0 Å². The van der Waals surface area contributed by atoms with E-state index in [0.717, 1.165) is 13.0 Å². The molecule has 3 atom stereocenters. The summed E-state index contributed by atoms with van der Waals surface area (Å²) < 4.78 is 35.9. The van der Waals surface area contributed by atoms with Gasteiger partial charge in [0, 0.05) is 12.1 Å². The van der Waals surface area contributed by atoms with Gasteiger partial charge in [0.2, 0.25) is 5.91 Å². The van der Waals surface area contributed by atoms with Crippen molar-refractivity contribution >= 4 is 18.3 Å². The molecule has 0 spiro atoms. The molecule has 1 heterocycles. The molecule has 0 bridgehead atoms. The van der Waals surface area contributed by atoms with Crippen molar-refractivity contribution in [3.63, 3.8) is 0 Å². The Morgan fingerprint density at radius 1 is 1.41 bits per heavy atom. The molecule has 2 N–H and O–H groups in total. The Hall–Kier alpha value is -0.490. The SMILES string of the molecule is CC1CCNC(C)C1NC(=O)CC(F)(F)F.Cl. The van der Waals surface area contributed by atoms with Crippen molar-refractivity contribution in [3.05, 3.63) is 0 Å². The number of rotatable bonds is 2. The van der Waals surface area contributed by atoms with Crippen molar-refractivity contribution in [2.45, 2.75) is 44.9 Å². The van der Waals surface area contributed by atoms with Crippen LogP contribution in [0.2, 0.25) is 0 Å². The molecule has 1 amide bonds. The smallest absolute Gasteiger partial charge is 0.351 e. The van der Waals surface area contributed by atoms with Crippen molar-refractivity contribution in [1.82, 2.24) is 10.6 Å². The Labute approximate surface area is 105 Å².